The number of likely N-dealkylation sites (N-methyl/N-ethyl adjacent to an activating group) is 1. The summed E-state index contributed by atoms with van der Waals surface area (Å²) in [4.78, 5) is 24.6. The summed E-state index contributed by atoms with van der Waals surface area (Å²) in [6, 6.07) is 17.0. The van der Waals surface area contributed by atoms with Gasteiger partial charge in [0, 0.05) is 7.05 Å². The Morgan fingerprint density at radius 3 is 1.73 bits per heavy atom. The zero-order chi connectivity index (χ0) is 16.2. The molecule has 0 aliphatic rings. The Bertz CT molecular complexity index is 615. The Morgan fingerprint density at radius 1 is 0.955 bits per heavy atom. The Hall–Kier alpha value is -2.66. The summed E-state index contributed by atoms with van der Waals surface area (Å²) in [6.45, 7) is -0.485. The molecule has 0 saturated carbocycles. The first-order chi connectivity index (χ1) is 10.5. The number of carbonyl (C=O) groups is 2. The lowest BCUT2D eigenvalue weighted by atomic mass is 9.85. The summed E-state index contributed by atoms with van der Waals surface area (Å²) in [6.07, 6.45) is 0. The first kappa shape index (κ1) is 15.7. The molecule has 0 aromatic heterocycles. The lowest BCUT2D eigenvalue weighted by Crippen LogP contribution is -2.47. The molecule has 0 bridgehead atoms. The summed E-state index contributed by atoms with van der Waals surface area (Å²) in [5.41, 5.74) is -1.14. The third-order valence-corrected chi connectivity index (χ3v) is 3.41. The molecule has 0 fully saturated rings. The molecule has 2 aromatic carbocycles. The summed E-state index contributed by atoms with van der Waals surface area (Å²) < 4.78 is 0. The standard InChI is InChI=1S/C17H17NO4/c1-18(12-15(19)20)16(21)17(22,13-8-4-2-5-9-13)14-10-6-3-7-11-14/h2-11,22H,12H2,1H3,(H,19,20). The number of rotatable bonds is 5. The number of carbonyl (C=O) groups excluding carboxylic acids is 1. The van der Waals surface area contributed by atoms with Crippen LogP contribution in [0.3, 0.4) is 0 Å². The molecule has 0 spiro atoms. The van der Waals surface area contributed by atoms with Crippen LogP contribution >= 0.6 is 0 Å². The van der Waals surface area contributed by atoms with E-state index < -0.39 is 24.0 Å². The molecule has 2 aromatic rings. The molecule has 1 amide bonds. The molecular weight excluding hydrogens is 282 g/mol. The monoisotopic (exact) mass is 299 g/mol. The maximum absolute atomic E-state index is 12.7. The number of amides is 1. The van der Waals surface area contributed by atoms with E-state index in [0.29, 0.717) is 11.1 Å². The Labute approximate surface area is 128 Å². The number of hydrogen-bond donors (Lipinski definition) is 2. The van der Waals surface area contributed by atoms with Gasteiger partial charge in [-0.3, -0.25) is 9.59 Å². The van der Waals surface area contributed by atoms with Gasteiger partial charge in [0.1, 0.15) is 6.54 Å². The van der Waals surface area contributed by atoms with Crippen LogP contribution in [0.25, 0.3) is 0 Å². The van der Waals surface area contributed by atoms with Crippen LogP contribution < -0.4 is 0 Å². The first-order valence-electron chi connectivity index (χ1n) is 6.77. The lowest BCUT2D eigenvalue weighted by molar-refractivity contribution is -0.152. The van der Waals surface area contributed by atoms with Gasteiger partial charge in [-0.05, 0) is 11.1 Å². The lowest BCUT2D eigenvalue weighted by Gasteiger charge is -2.31. The first-order valence-corrected chi connectivity index (χ1v) is 6.77. The zero-order valence-electron chi connectivity index (χ0n) is 12.1. The van der Waals surface area contributed by atoms with Crippen LogP contribution in [-0.4, -0.2) is 40.6 Å². The van der Waals surface area contributed by atoms with Crippen molar-refractivity contribution >= 4 is 11.9 Å². The van der Waals surface area contributed by atoms with E-state index in [2.05, 4.69) is 0 Å². The molecule has 0 heterocycles. The van der Waals surface area contributed by atoms with Gasteiger partial charge in [0.15, 0.2) is 5.60 Å². The van der Waals surface area contributed by atoms with E-state index in [1.807, 2.05) is 0 Å². The van der Waals surface area contributed by atoms with E-state index >= 15 is 0 Å². The van der Waals surface area contributed by atoms with Crippen LogP contribution in [0.2, 0.25) is 0 Å². The largest absolute Gasteiger partial charge is 0.480 e. The van der Waals surface area contributed by atoms with Crippen LogP contribution in [0.5, 0.6) is 0 Å². The minimum atomic E-state index is -1.92. The van der Waals surface area contributed by atoms with Crippen LogP contribution in [0.1, 0.15) is 11.1 Å². The molecule has 0 saturated heterocycles. The molecule has 5 nitrogen and oxygen atoms in total. The predicted octanol–water partition coefficient (Wildman–Crippen LogP) is 1.47. The third-order valence-electron chi connectivity index (χ3n) is 3.41. The van der Waals surface area contributed by atoms with Crippen molar-refractivity contribution < 1.29 is 19.8 Å². The van der Waals surface area contributed by atoms with Crippen molar-refractivity contribution in [3.63, 3.8) is 0 Å². The molecule has 114 valence electrons. The summed E-state index contributed by atoms with van der Waals surface area (Å²) in [5.74, 6) is -1.83. The van der Waals surface area contributed by atoms with Crippen LogP contribution in [-0.2, 0) is 15.2 Å². The van der Waals surface area contributed by atoms with Crippen LogP contribution in [0.4, 0.5) is 0 Å². The summed E-state index contributed by atoms with van der Waals surface area (Å²) in [5, 5.41) is 20.0. The average molecular weight is 299 g/mol. The maximum Gasteiger partial charge on any atom is 0.323 e. The third kappa shape index (κ3) is 2.99. The van der Waals surface area contributed by atoms with E-state index in [1.165, 1.54) is 7.05 Å². The zero-order valence-corrected chi connectivity index (χ0v) is 12.1. The fraction of sp³-hybridized carbons (Fsp3) is 0.176. The van der Waals surface area contributed by atoms with E-state index in [4.69, 9.17) is 5.11 Å². The van der Waals surface area contributed by atoms with Gasteiger partial charge in [0.25, 0.3) is 5.91 Å². The highest BCUT2D eigenvalue weighted by Gasteiger charge is 2.42. The van der Waals surface area contributed by atoms with Crippen LogP contribution in [0.15, 0.2) is 60.7 Å². The number of carboxylic acid groups (broad SMARTS) is 1. The van der Waals surface area contributed by atoms with Gasteiger partial charge in [-0.25, -0.2) is 0 Å². The van der Waals surface area contributed by atoms with E-state index in [1.54, 1.807) is 60.7 Å². The topological polar surface area (TPSA) is 77.8 Å². The van der Waals surface area contributed by atoms with Crippen molar-refractivity contribution in [3.8, 4) is 0 Å². The second-order valence-corrected chi connectivity index (χ2v) is 5.00. The Morgan fingerprint density at radius 2 is 1.36 bits per heavy atom. The van der Waals surface area contributed by atoms with Crippen molar-refractivity contribution in [3.05, 3.63) is 71.8 Å². The van der Waals surface area contributed by atoms with Gasteiger partial charge in [0.05, 0.1) is 0 Å². The van der Waals surface area contributed by atoms with Crippen molar-refractivity contribution in [2.45, 2.75) is 5.60 Å². The number of aliphatic carboxylic acids is 1. The summed E-state index contributed by atoms with van der Waals surface area (Å²) >= 11 is 0. The van der Waals surface area contributed by atoms with Crippen molar-refractivity contribution in [2.24, 2.45) is 0 Å². The molecule has 0 aliphatic heterocycles. The second-order valence-electron chi connectivity index (χ2n) is 5.00. The molecule has 2 N–H and O–H groups in total. The van der Waals surface area contributed by atoms with E-state index in [9.17, 15) is 14.7 Å². The highest BCUT2D eigenvalue weighted by atomic mass is 16.4. The highest BCUT2D eigenvalue weighted by molar-refractivity contribution is 5.91. The fourth-order valence-electron chi connectivity index (χ4n) is 2.32. The smallest absolute Gasteiger partial charge is 0.323 e. The highest BCUT2D eigenvalue weighted by Crippen LogP contribution is 2.31. The van der Waals surface area contributed by atoms with Crippen molar-refractivity contribution in [2.75, 3.05) is 13.6 Å². The number of carboxylic acids is 1. The van der Waals surface area contributed by atoms with Gasteiger partial charge >= 0.3 is 5.97 Å². The van der Waals surface area contributed by atoms with E-state index in [-0.39, 0.29) is 0 Å². The second kappa shape index (κ2) is 6.41. The van der Waals surface area contributed by atoms with Gasteiger partial charge in [-0.15, -0.1) is 0 Å². The number of nitrogens with zero attached hydrogens (tertiary/aromatic N) is 1. The summed E-state index contributed by atoms with van der Waals surface area (Å²) in [7, 11) is 1.35. The number of benzene rings is 2. The Balaban J connectivity index is 2.52. The fourth-order valence-corrected chi connectivity index (χ4v) is 2.32. The van der Waals surface area contributed by atoms with Crippen LogP contribution in [0, 0.1) is 0 Å². The molecule has 22 heavy (non-hydrogen) atoms. The molecule has 5 heteroatoms. The molecule has 2 rings (SSSR count). The quantitative estimate of drug-likeness (QED) is 0.876. The van der Waals surface area contributed by atoms with Gasteiger partial charge in [-0.1, -0.05) is 60.7 Å². The van der Waals surface area contributed by atoms with Crippen molar-refractivity contribution in [1.82, 2.24) is 4.90 Å². The van der Waals surface area contributed by atoms with Gasteiger partial charge < -0.3 is 15.1 Å². The molecule has 0 radical (unpaired) electrons. The van der Waals surface area contributed by atoms with Gasteiger partial charge in [0.2, 0.25) is 0 Å². The average Bonchev–Trinajstić information content (AvgIpc) is 2.54. The van der Waals surface area contributed by atoms with Gasteiger partial charge in [-0.2, -0.15) is 0 Å². The molecular formula is C17H17NO4. The minimum absolute atomic E-state index is 0.392. The van der Waals surface area contributed by atoms with E-state index in [0.717, 1.165) is 4.90 Å². The molecule has 0 atom stereocenters. The minimum Gasteiger partial charge on any atom is -0.480 e. The maximum atomic E-state index is 12.7. The predicted molar refractivity (Wildman–Crippen MR) is 81.2 cm³/mol. The molecule has 0 unspecified atom stereocenters. The normalized spacial score (nSPS) is 11.0. The number of aliphatic hydroxyl groups is 1. The SMILES string of the molecule is CN(CC(=O)O)C(=O)C(O)(c1ccccc1)c1ccccc1. The molecule has 0 aliphatic carbocycles. The van der Waals surface area contributed by atoms with Crippen molar-refractivity contribution in [1.29, 1.82) is 0 Å². The Kier molecular flexibility index (Phi) is 4.58. The number of hydrogen-bond acceptors (Lipinski definition) is 3.